The summed E-state index contributed by atoms with van der Waals surface area (Å²) in [5.41, 5.74) is 2.44. The number of ether oxygens (including phenoxy) is 2. The number of hydrogen-bond donors (Lipinski definition) is 1. The zero-order valence-corrected chi connectivity index (χ0v) is 13.9. The first kappa shape index (κ1) is 17.0. The molecule has 0 unspecified atom stereocenters. The Morgan fingerprint density at radius 1 is 1.20 bits per heavy atom. The van der Waals surface area contributed by atoms with Gasteiger partial charge in [-0.3, -0.25) is 14.9 Å². The Labute approximate surface area is 151 Å². The van der Waals surface area contributed by atoms with Crippen LogP contribution in [0, 0.1) is 10.1 Å². The Balaban J connectivity index is 1.79. The van der Waals surface area contributed by atoms with Crippen molar-refractivity contribution in [3.63, 3.8) is 0 Å². The van der Waals surface area contributed by atoms with Crippen LogP contribution in [0.1, 0.15) is 15.9 Å². The number of fused-ring (bicyclic) bond motifs is 1. The fourth-order valence-corrected chi connectivity index (χ4v) is 2.37. The highest BCUT2D eigenvalue weighted by Gasteiger charge is 2.22. The number of nitro benzene ring substituents is 1. The van der Waals surface area contributed by atoms with Crippen LogP contribution in [0.3, 0.4) is 0 Å². The molecule has 25 heavy (non-hydrogen) atoms. The van der Waals surface area contributed by atoms with Crippen LogP contribution in [0.4, 0.5) is 5.69 Å². The minimum absolute atomic E-state index is 0.0128. The summed E-state index contributed by atoms with van der Waals surface area (Å²) in [6.45, 7) is -0.0128. The summed E-state index contributed by atoms with van der Waals surface area (Å²) in [7, 11) is 0. The van der Waals surface area contributed by atoms with Gasteiger partial charge in [0.2, 0.25) is 6.79 Å². The molecule has 3 rings (SSSR count). The van der Waals surface area contributed by atoms with Gasteiger partial charge in [-0.25, -0.2) is 5.43 Å². The number of carbonyl (C=O) groups is 1. The summed E-state index contributed by atoms with van der Waals surface area (Å²) < 4.78 is 10.3. The molecule has 0 saturated carbocycles. The van der Waals surface area contributed by atoms with E-state index in [2.05, 4.69) is 10.5 Å². The minimum Gasteiger partial charge on any atom is -0.454 e. The number of hydrazone groups is 1. The maximum Gasteiger partial charge on any atom is 0.282 e. The standard InChI is InChI=1S/C15H9Cl2N3O5/c16-10-2-1-8(3-11(10)17)15(21)19-18-6-9-4-13-14(25-7-24-13)5-12(9)20(22)23/h1-6H,7H2,(H,19,21)/b18-6-. The fraction of sp³-hybridized carbons (Fsp3) is 0.0667. The van der Waals surface area contributed by atoms with E-state index in [9.17, 15) is 14.9 Å². The van der Waals surface area contributed by atoms with E-state index in [4.69, 9.17) is 32.7 Å². The molecule has 0 bridgehead atoms. The topological polar surface area (TPSA) is 103 Å². The number of nitrogens with zero attached hydrogens (tertiary/aromatic N) is 2. The number of benzene rings is 2. The van der Waals surface area contributed by atoms with Crippen molar-refractivity contribution in [2.75, 3.05) is 6.79 Å². The van der Waals surface area contributed by atoms with Crippen molar-refractivity contribution in [1.29, 1.82) is 0 Å². The monoisotopic (exact) mass is 381 g/mol. The van der Waals surface area contributed by atoms with Crippen LogP contribution >= 0.6 is 23.2 Å². The third kappa shape index (κ3) is 3.65. The molecule has 1 aliphatic rings. The zero-order valence-electron chi connectivity index (χ0n) is 12.4. The van der Waals surface area contributed by atoms with E-state index in [1.54, 1.807) is 0 Å². The number of rotatable bonds is 4. The molecule has 1 N–H and O–H groups in total. The SMILES string of the molecule is O=C(N/N=C\c1cc2c(cc1[N+](=O)[O-])OCO2)c1ccc(Cl)c(Cl)c1. The van der Waals surface area contributed by atoms with E-state index >= 15 is 0 Å². The predicted octanol–water partition coefficient (Wildman–Crippen LogP) is 3.39. The normalized spacial score (nSPS) is 12.4. The third-order valence-corrected chi connectivity index (χ3v) is 4.01. The maximum absolute atomic E-state index is 12.0. The number of hydrogen-bond acceptors (Lipinski definition) is 6. The molecule has 2 aromatic carbocycles. The van der Waals surface area contributed by atoms with Crippen molar-refractivity contribution >= 4 is 41.0 Å². The quantitative estimate of drug-likeness (QED) is 0.496. The summed E-state index contributed by atoms with van der Waals surface area (Å²) in [6, 6.07) is 6.99. The average Bonchev–Trinajstić information content (AvgIpc) is 3.03. The fourth-order valence-electron chi connectivity index (χ4n) is 2.07. The number of halogens is 2. The molecule has 1 aliphatic heterocycles. The second-order valence-corrected chi connectivity index (χ2v) is 5.66. The molecule has 0 fully saturated rings. The lowest BCUT2D eigenvalue weighted by atomic mass is 10.1. The first-order valence-corrected chi connectivity index (χ1v) is 7.58. The molecular formula is C15H9Cl2N3O5. The number of nitro groups is 1. The maximum atomic E-state index is 12.0. The van der Waals surface area contributed by atoms with Crippen molar-refractivity contribution in [2.45, 2.75) is 0 Å². The van der Waals surface area contributed by atoms with Gasteiger partial charge in [0.25, 0.3) is 11.6 Å². The van der Waals surface area contributed by atoms with Gasteiger partial charge >= 0.3 is 0 Å². The number of amides is 1. The molecule has 1 amide bonds. The van der Waals surface area contributed by atoms with Gasteiger partial charge < -0.3 is 9.47 Å². The molecule has 8 nitrogen and oxygen atoms in total. The molecular weight excluding hydrogens is 373 g/mol. The molecule has 0 saturated heterocycles. The molecule has 0 radical (unpaired) electrons. The van der Waals surface area contributed by atoms with E-state index in [-0.39, 0.29) is 34.4 Å². The van der Waals surface area contributed by atoms with Crippen LogP contribution in [0.15, 0.2) is 35.4 Å². The number of carbonyl (C=O) groups excluding carboxylic acids is 1. The molecule has 0 aliphatic carbocycles. The molecule has 1 heterocycles. The van der Waals surface area contributed by atoms with Crippen molar-refractivity contribution in [3.8, 4) is 11.5 Å². The molecule has 0 spiro atoms. The van der Waals surface area contributed by atoms with Gasteiger partial charge in [-0.2, -0.15) is 5.10 Å². The van der Waals surface area contributed by atoms with Gasteiger partial charge in [0, 0.05) is 5.56 Å². The van der Waals surface area contributed by atoms with Gasteiger partial charge in [-0.1, -0.05) is 23.2 Å². The summed E-state index contributed by atoms with van der Waals surface area (Å²) in [4.78, 5) is 22.6. The van der Waals surface area contributed by atoms with Crippen molar-refractivity contribution in [1.82, 2.24) is 5.43 Å². The summed E-state index contributed by atoms with van der Waals surface area (Å²) >= 11 is 11.6. The molecule has 128 valence electrons. The number of nitrogens with one attached hydrogen (secondary N) is 1. The van der Waals surface area contributed by atoms with E-state index < -0.39 is 10.8 Å². The highest BCUT2D eigenvalue weighted by atomic mass is 35.5. The van der Waals surface area contributed by atoms with E-state index in [0.717, 1.165) is 6.21 Å². The van der Waals surface area contributed by atoms with Crippen molar-refractivity contribution in [2.24, 2.45) is 5.10 Å². The Kier molecular flexibility index (Phi) is 4.73. The Bertz CT molecular complexity index is 901. The van der Waals surface area contributed by atoms with Crippen molar-refractivity contribution in [3.05, 3.63) is 61.6 Å². The van der Waals surface area contributed by atoms with Crippen LogP contribution in [0.25, 0.3) is 0 Å². The minimum atomic E-state index is -0.579. The Morgan fingerprint density at radius 2 is 1.92 bits per heavy atom. The predicted molar refractivity (Wildman–Crippen MR) is 90.7 cm³/mol. The lowest BCUT2D eigenvalue weighted by molar-refractivity contribution is -0.385. The lowest BCUT2D eigenvalue weighted by Gasteiger charge is -2.02. The van der Waals surface area contributed by atoms with E-state index in [1.807, 2.05) is 0 Å². The summed E-state index contributed by atoms with van der Waals surface area (Å²) in [5.74, 6) is 0.102. The molecule has 2 aromatic rings. The van der Waals surface area contributed by atoms with Crippen LogP contribution < -0.4 is 14.9 Å². The highest BCUT2D eigenvalue weighted by Crippen LogP contribution is 2.37. The largest absolute Gasteiger partial charge is 0.454 e. The van der Waals surface area contributed by atoms with Gasteiger partial charge in [0.1, 0.15) is 0 Å². The highest BCUT2D eigenvalue weighted by molar-refractivity contribution is 6.42. The average molecular weight is 382 g/mol. The Hall–Kier alpha value is -2.84. The van der Waals surface area contributed by atoms with Gasteiger partial charge in [-0.15, -0.1) is 0 Å². The van der Waals surface area contributed by atoms with E-state index in [1.165, 1.54) is 30.3 Å². The third-order valence-electron chi connectivity index (χ3n) is 3.27. The van der Waals surface area contributed by atoms with Crippen molar-refractivity contribution < 1.29 is 19.2 Å². The second kappa shape index (κ2) is 6.96. The first-order chi connectivity index (χ1) is 12.0. The molecule has 0 atom stereocenters. The Morgan fingerprint density at radius 3 is 2.60 bits per heavy atom. The summed E-state index contributed by atoms with van der Waals surface area (Å²) in [5, 5.41) is 15.4. The van der Waals surface area contributed by atoms with Gasteiger partial charge in [0.05, 0.1) is 32.8 Å². The molecule has 10 heteroatoms. The van der Waals surface area contributed by atoms with Gasteiger partial charge in [-0.05, 0) is 24.3 Å². The van der Waals surface area contributed by atoms with Gasteiger partial charge in [0.15, 0.2) is 11.5 Å². The molecule has 0 aromatic heterocycles. The van der Waals surface area contributed by atoms with Crippen LogP contribution in [-0.4, -0.2) is 23.8 Å². The second-order valence-electron chi connectivity index (χ2n) is 4.85. The van der Waals surface area contributed by atoms with Crippen LogP contribution in [0.5, 0.6) is 11.5 Å². The van der Waals surface area contributed by atoms with Crippen LogP contribution in [-0.2, 0) is 0 Å². The van der Waals surface area contributed by atoms with E-state index in [0.29, 0.717) is 10.8 Å². The lowest BCUT2D eigenvalue weighted by Crippen LogP contribution is -2.17. The zero-order chi connectivity index (χ0) is 18.0. The first-order valence-electron chi connectivity index (χ1n) is 6.82. The van der Waals surface area contributed by atoms with Crippen LogP contribution in [0.2, 0.25) is 10.0 Å². The summed E-state index contributed by atoms with van der Waals surface area (Å²) in [6.07, 6.45) is 1.15. The smallest absolute Gasteiger partial charge is 0.282 e.